The average Bonchev–Trinajstić information content (AvgIpc) is 3.46. The monoisotopic (exact) mass is 514 g/mol. The number of esters is 1. The van der Waals surface area contributed by atoms with Gasteiger partial charge in [-0.3, -0.25) is 19.7 Å². The number of hydrogen-bond acceptors (Lipinski definition) is 10. The van der Waals surface area contributed by atoms with Crippen LogP contribution in [0.3, 0.4) is 0 Å². The van der Waals surface area contributed by atoms with Gasteiger partial charge in [0.25, 0.3) is 5.91 Å². The molecule has 1 saturated heterocycles. The van der Waals surface area contributed by atoms with E-state index in [1.807, 2.05) is 4.90 Å². The Kier molecular flexibility index (Phi) is 7.85. The minimum absolute atomic E-state index is 0.118. The summed E-state index contributed by atoms with van der Waals surface area (Å²) >= 11 is 0. The molecule has 2 aliphatic heterocycles. The fourth-order valence-electron chi connectivity index (χ4n) is 4.42. The number of piperazine rings is 1. The number of ether oxygens (including phenoxy) is 4. The van der Waals surface area contributed by atoms with Crippen LogP contribution in [0.5, 0.6) is 17.2 Å². The molecule has 37 heavy (non-hydrogen) atoms. The van der Waals surface area contributed by atoms with E-state index in [0.29, 0.717) is 55.0 Å². The fraction of sp³-hybridized carbons (Fsp3) is 0.440. The Morgan fingerprint density at radius 2 is 1.76 bits per heavy atom. The van der Waals surface area contributed by atoms with Gasteiger partial charge >= 0.3 is 5.97 Å². The molecular weight excluding hydrogens is 484 g/mol. The smallest absolute Gasteiger partial charge is 0.321 e. The fourth-order valence-corrected chi connectivity index (χ4v) is 4.42. The molecule has 2 amide bonds. The number of nitrogens with zero attached hydrogens (tertiary/aromatic N) is 3. The summed E-state index contributed by atoms with van der Waals surface area (Å²) in [6, 6.07) is 5.71. The maximum atomic E-state index is 13.2. The van der Waals surface area contributed by atoms with Crippen LogP contribution < -0.4 is 19.5 Å². The predicted molar refractivity (Wildman–Crippen MR) is 131 cm³/mol. The van der Waals surface area contributed by atoms with Crippen LogP contribution in [0.25, 0.3) is 0 Å². The molecule has 1 aromatic carbocycles. The highest BCUT2D eigenvalue weighted by atomic mass is 16.5. The zero-order valence-electron chi connectivity index (χ0n) is 21.2. The lowest BCUT2D eigenvalue weighted by Gasteiger charge is -2.38. The number of furan rings is 1. The van der Waals surface area contributed by atoms with E-state index in [9.17, 15) is 14.4 Å². The van der Waals surface area contributed by atoms with E-state index in [4.69, 9.17) is 28.4 Å². The summed E-state index contributed by atoms with van der Waals surface area (Å²) in [7, 11) is 4.45. The number of benzene rings is 1. The number of rotatable bonds is 7. The van der Waals surface area contributed by atoms with Crippen LogP contribution in [0.15, 0.2) is 39.9 Å². The van der Waals surface area contributed by atoms with Gasteiger partial charge in [0.05, 0.1) is 34.2 Å². The van der Waals surface area contributed by atoms with Gasteiger partial charge in [0, 0.05) is 26.2 Å². The Morgan fingerprint density at radius 1 is 1.08 bits per heavy atom. The van der Waals surface area contributed by atoms with Crippen LogP contribution in [-0.4, -0.2) is 87.7 Å². The molecule has 4 rings (SSSR count). The molecule has 1 fully saturated rings. The van der Waals surface area contributed by atoms with Gasteiger partial charge in [0.2, 0.25) is 17.6 Å². The Bertz CT molecular complexity index is 1150. The predicted octanol–water partition coefficient (Wildman–Crippen LogP) is 1.47. The molecule has 2 atom stereocenters. The van der Waals surface area contributed by atoms with Gasteiger partial charge < -0.3 is 33.2 Å². The zero-order chi connectivity index (χ0) is 26.5. The molecule has 0 unspecified atom stereocenters. The highest BCUT2D eigenvalue weighted by Crippen LogP contribution is 2.42. The van der Waals surface area contributed by atoms with E-state index in [0.717, 1.165) is 0 Å². The van der Waals surface area contributed by atoms with Gasteiger partial charge in [0.1, 0.15) is 6.04 Å². The lowest BCUT2D eigenvalue weighted by Crippen LogP contribution is -2.58. The number of methoxy groups -OCH3 is 3. The quantitative estimate of drug-likeness (QED) is 0.431. The van der Waals surface area contributed by atoms with Crippen molar-refractivity contribution in [1.29, 1.82) is 0 Å². The van der Waals surface area contributed by atoms with E-state index in [1.54, 1.807) is 36.1 Å². The molecule has 2 aliphatic rings. The van der Waals surface area contributed by atoms with E-state index in [1.165, 1.54) is 27.6 Å². The molecule has 1 aromatic heterocycles. The molecule has 1 N–H and O–H groups in total. The van der Waals surface area contributed by atoms with Gasteiger partial charge in [-0.05, 0) is 36.8 Å². The van der Waals surface area contributed by atoms with Crippen LogP contribution >= 0.6 is 0 Å². The van der Waals surface area contributed by atoms with E-state index >= 15 is 0 Å². The molecule has 0 bridgehead atoms. The Labute approximate surface area is 214 Å². The summed E-state index contributed by atoms with van der Waals surface area (Å²) in [5.74, 6) is -0.925. The SMILES string of the molecule is CCOC(=O)[C@H]1C(=O)NC(N2CCN(C(=O)c3ccco3)CC2)=N[C@@H]1c1cc(OC)c(OC)c(OC)c1. The lowest BCUT2D eigenvalue weighted by atomic mass is 9.90. The minimum Gasteiger partial charge on any atom is -0.493 e. The second-order valence-electron chi connectivity index (χ2n) is 8.33. The topological polar surface area (TPSA) is 132 Å². The first-order valence-electron chi connectivity index (χ1n) is 11.8. The molecule has 12 heteroatoms. The van der Waals surface area contributed by atoms with Gasteiger partial charge in [-0.25, -0.2) is 4.99 Å². The van der Waals surface area contributed by atoms with E-state index in [2.05, 4.69) is 5.32 Å². The Hall–Kier alpha value is -4.22. The summed E-state index contributed by atoms with van der Waals surface area (Å²) in [5.41, 5.74) is 0.520. The molecule has 0 saturated carbocycles. The summed E-state index contributed by atoms with van der Waals surface area (Å²) in [4.78, 5) is 47.0. The van der Waals surface area contributed by atoms with Crippen LogP contribution in [0.1, 0.15) is 29.1 Å². The van der Waals surface area contributed by atoms with Crippen LogP contribution in [-0.2, 0) is 14.3 Å². The van der Waals surface area contributed by atoms with Gasteiger partial charge in [-0.2, -0.15) is 0 Å². The van der Waals surface area contributed by atoms with Crippen molar-refractivity contribution in [3.63, 3.8) is 0 Å². The largest absolute Gasteiger partial charge is 0.493 e. The second kappa shape index (κ2) is 11.2. The third-order valence-electron chi connectivity index (χ3n) is 6.26. The van der Waals surface area contributed by atoms with Crippen molar-refractivity contribution in [3.05, 3.63) is 41.9 Å². The number of nitrogens with one attached hydrogen (secondary N) is 1. The summed E-state index contributed by atoms with van der Waals surface area (Å²) < 4.78 is 26.7. The number of amides is 2. The van der Waals surface area contributed by atoms with Gasteiger partial charge in [-0.15, -0.1) is 0 Å². The van der Waals surface area contributed by atoms with E-state index in [-0.39, 0.29) is 18.3 Å². The molecule has 3 heterocycles. The maximum Gasteiger partial charge on any atom is 0.321 e. The van der Waals surface area contributed by atoms with Crippen molar-refractivity contribution in [1.82, 2.24) is 15.1 Å². The highest BCUT2D eigenvalue weighted by molar-refractivity contribution is 6.08. The first-order valence-corrected chi connectivity index (χ1v) is 11.8. The van der Waals surface area contributed by atoms with Gasteiger partial charge in [-0.1, -0.05) is 0 Å². The maximum absolute atomic E-state index is 13.2. The van der Waals surface area contributed by atoms with Crippen molar-refractivity contribution < 1.29 is 37.7 Å². The summed E-state index contributed by atoms with van der Waals surface area (Å²) in [5, 5.41) is 2.75. The van der Waals surface area contributed by atoms with Crippen molar-refractivity contribution in [2.75, 3.05) is 54.1 Å². The number of aliphatic imine (C=N–C) groups is 1. The van der Waals surface area contributed by atoms with Crippen molar-refractivity contribution in [3.8, 4) is 17.2 Å². The molecule has 12 nitrogen and oxygen atoms in total. The molecular formula is C25H30N4O8. The number of guanidine groups is 1. The van der Waals surface area contributed by atoms with Gasteiger partial charge in [0.15, 0.2) is 23.2 Å². The molecule has 0 radical (unpaired) electrons. The van der Waals surface area contributed by atoms with Crippen molar-refractivity contribution in [2.24, 2.45) is 10.9 Å². The molecule has 2 aromatic rings. The van der Waals surface area contributed by atoms with Crippen LogP contribution in [0, 0.1) is 5.92 Å². The third-order valence-corrected chi connectivity index (χ3v) is 6.26. The van der Waals surface area contributed by atoms with Crippen LogP contribution in [0.2, 0.25) is 0 Å². The normalized spacial score (nSPS) is 19.6. The number of carbonyl (C=O) groups excluding carboxylic acids is 3. The van der Waals surface area contributed by atoms with E-state index < -0.39 is 23.8 Å². The molecule has 198 valence electrons. The zero-order valence-corrected chi connectivity index (χ0v) is 21.2. The standard InChI is InChI=1S/C25H30N4O8/c1-5-36-24(32)19-20(15-13-17(33-2)21(35-4)18(14-15)34-3)26-25(27-22(19)30)29-10-8-28(9-11-29)23(31)16-7-6-12-37-16/h6-7,12-14,19-20H,5,8-11H2,1-4H3,(H,26,27,30)/t19-,20-/m1/s1. The summed E-state index contributed by atoms with van der Waals surface area (Å²) in [6.45, 7) is 3.46. The third kappa shape index (κ3) is 5.18. The van der Waals surface area contributed by atoms with Crippen molar-refractivity contribution >= 4 is 23.7 Å². The highest BCUT2D eigenvalue weighted by Gasteiger charge is 2.43. The minimum atomic E-state index is -1.21. The first kappa shape index (κ1) is 25.9. The number of carbonyl (C=O) groups is 3. The van der Waals surface area contributed by atoms with Crippen molar-refractivity contribution in [2.45, 2.75) is 13.0 Å². The number of hydrogen-bond donors (Lipinski definition) is 1. The Morgan fingerprint density at radius 3 is 2.30 bits per heavy atom. The molecule has 0 aliphatic carbocycles. The summed E-state index contributed by atoms with van der Waals surface area (Å²) in [6.07, 6.45) is 1.46. The van der Waals surface area contributed by atoms with Crippen LogP contribution in [0.4, 0.5) is 0 Å². The Balaban J connectivity index is 1.64. The second-order valence-corrected chi connectivity index (χ2v) is 8.33. The lowest BCUT2D eigenvalue weighted by molar-refractivity contribution is -0.153. The average molecular weight is 515 g/mol. The first-order chi connectivity index (χ1) is 17.9. The molecule has 0 spiro atoms.